The Morgan fingerprint density at radius 3 is 1.15 bits per heavy atom. The molecule has 0 fully saturated rings. The summed E-state index contributed by atoms with van der Waals surface area (Å²) in [4.78, 5) is 25.5. The van der Waals surface area contributed by atoms with Gasteiger partial charge in [0.25, 0.3) is 7.82 Å². The zero-order valence-corrected chi connectivity index (χ0v) is 47.0. The van der Waals surface area contributed by atoms with Crippen LogP contribution in [0.5, 0.6) is 0 Å². The van der Waals surface area contributed by atoms with Crippen molar-refractivity contribution < 1.29 is 32.9 Å². The number of carbonyl (C=O) groups is 1. The first-order chi connectivity index (χ1) is 33.0. The van der Waals surface area contributed by atoms with Gasteiger partial charge >= 0.3 is 0 Å². The molecule has 0 heterocycles. The highest BCUT2D eigenvalue weighted by molar-refractivity contribution is 7.45. The van der Waals surface area contributed by atoms with Crippen LogP contribution < -0.4 is 10.2 Å². The fraction of sp³-hybridized carbons (Fsp3) is 0.915. The third-order valence-electron chi connectivity index (χ3n) is 13.7. The minimum absolute atomic E-state index is 0.000146. The molecule has 0 aromatic carbocycles. The fourth-order valence-electron chi connectivity index (χ4n) is 8.97. The van der Waals surface area contributed by atoms with Crippen LogP contribution >= 0.6 is 7.82 Å². The maximum atomic E-state index is 13.0. The lowest BCUT2D eigenvalue weighted by atomic mass is 10.0. The van der Waals surface area contributed by atoms with Crippen LogP contribution in [0.25, 0.3) is 0 Å². The average molecular weight is 982 g/mol. The highest BCUT2D eigenvalue weighted by atomic mass is 31.2. The molecule has 0 aromatic heterocycles. The summed E-state index contributed by atoms with van der Waals surface area (Å²) in [6.45, 7) is 4.69. The number of aliphatic hydroxyl groups is 1. The van der Waals surface area contributed by atoms with Crippen LogP contribution in [0.1, 0.15) is 296 Å². The number of quaternary nitrogens is 1. The number of aliphatic hydroxyl groups excluding tert-OH is 1. The van der Waals surface area contributed by atoms with Gasteiger partial charge in [0.05, 0.1) is 39.9 Å². The van der Waals surface area contributed by atoms with Crippen LogP contribution in [0.15, 0.2) is 24.3 Å². The van der Waals surface area contributed by atoms with Crippen molar-refractivity contribution in [3.8, 4) is 0 Å². The summed E-state index contributed by atoms with van der Waals surface area (Å²) in [5.41, 5.74) is 0. The number of nitrogens with one attached hydrogen (secondary N) is 1. The molecular formula is C59H117N2O6P. The Labute approximate surface area is 424 Å². The van der Waals surface area contributed by atoms with E-state index in [1.165, 1.54) is 238 Å². The van der Waals surface area contributed by atoms with Crippen molar-refractivity contribution in [3.05, 3.63) is 24.3 Å². The van der Waals surface area contributed by atoms with Crippen molar-refractivity contribution in [2.24, 2.45) is 0 Å². The molecule has 3 atom stereocenters. The summed E-state index contributed by atoms with van der Waals surface area (Å²) in [5, 5.41) is 13.9. The Morgan fingerprint density at radius 2 is 0.809 bits per heavy atom. The predicted molar refractivity (Wildman–Crippen MR) is 293 cm³/mol. The molecule has 0 radical (unpaired) electrons. The summed E-state index contributed by atoms with van der Waals surface area (Å²) in [6, 6.07) is -0.888. The largest absolute Gasteiger partial charge is 0.756 e. The van der Waals surface area contributed by atoms with Gasteiger partial charge in [-0.05, 0) is 44.9 Å². The topological polar surface area (TPSA) is 108 Å². The lowest BCUT2D eigenvalue weighted by molar-refractivity contribution is -0.870. The van der Waals surface area contributed by atoms with E-state index in [2.05, 4.69) is 31.3 Å². The number of carbonyl (C=O) groups excluding carboxylic acids is 1. The molecule has 0 saturated heterocycles. The van der Waals surface area contributed by atoms with Crippen LogP contribution in [-0.2, 0) is 18.4 Å². The number of nitrogens with zero attached hydrogens (tertiary/aromatic N) is 1. The van der Waals surface area contributed by atoms with Gasteiger partial charge in [0, 0.05) is 6.42 Å². The number of amides is 1. The molecule has 0 aliphatic heterocycles. The second-order valence-electron chi connectivity index (χ2n) is 21.7. The Balaban J connectivity index is 4.20. The van der Waals surface area contributed by atoms with E-state index in [-0.39, 0.29) is 19.1 Å². The molecule has 0 spiro atoms. The monoisotopic (exact) mass is 981 g/mol. The predicted octanol–water partition coefficient (Wildman–Crippen LogP) is 17.4. The number of likely N-dealkylation sites (N-methyl/N-ethyl adjacent to an activating group) is 1. The molecule has 0 bridgehead atoms. The van der Waals surface area contributed by atoms with E-state index in [0.717, 1.165) is 38.5 Å². The summed E-state index contributed by atoms with van der Waals surface area (Å²) in [5.74, 6) is -0.197. The molecule has 68 heavy (non-hydrogen) atoms. The molecule has 8 nitrogen and oxygen atoms in total. The smallest absolute Gasteiger partial charge is 0.268 e. The highest BCUT2D eigenvalue weighted by Gasteiger charge is 2.23. The average Bonchev–Trinajstić information content (AvgIpc) is 3.30. The van der Waals surface area contributed by atoms with Gasteiger partial charge in [-0.15, -0.1) is 0 Å². The van der Waals surface area contributed by atoms with E-state index in [9.17, 15) is 19.4 Å². The summed E-state index contributed by atoms with van der Waals surface area (Å²) in [6.07, 6.45) is 64.0. The van der Waals surface area contributed by atoms with Crippen LogP contribution in [0.4, 0.5) is 0 Å². The van der Waals surface area contributed by atoms with Gasteiger partial charge < -0.3 is 28.8 Å². The maximum absolute atomic E-state index is 13.0. The SMILES string of the molecule is CCCCCCCCCCCCCC/C=C\CCCCCCCCCC(=O)NC(COP(=O)([O-])OCC[N+](C)(C)C)C(O)/C=C/CCCCCCCCCCCCCCCCCCCCCCC. The Hall–Kier alpha value is -1.02. The summed E-state index contributed by atoms with van der Waals surface area (Å²) < 4.78 is 23.4. The first-order valence-electron chi connectivity index (χ1n) is 29.7. The lowest BCUT2D eigenvalue weighted by Crippen LogP contribution is -2.45. The minimum atomic E-state index is -4.60. The van der Waals surface area contributed by atoms with E-state index >= 15 is 0 Å². The standard InChI is InChI=1S/C59H117N2O6P/c1-6-8-10-12-14-16-18-20-22-24-26-28-30-32-34-36-38-40-42-44-46-48-50-52-58(62)57(56-67-68(64,65)66-55-54-61(3,4)5)60-59(63)53-51-49-47-45-43-41-39-37-35-33-31-29-27-25-23-21-19-17-15-13-11-9-7-2/h33,35,50,52,57-58,62H,6-32,34,36-49,51,53-56H2,1-5H3,(H-,60,63,64,65)/b35-33-,52-50+. The first kappa shape index (κ1) is 67.0. The number of phosphoric ester groups is 1. The van der Waals surface area contributed by atoms with E-state index in [0.29, 0.717) is 17.4 Å². The molecule has 404 valence electrons. The molecule has 1 amide bonds. The number of hydrogen-bond acceptors (Lipinski definition) is 6. The quantitative estimate of drug-likeness (QED) is 0.0272. The molecule has 2 N–H and O–H groups in total. The van der Waals surface area contributed by atoms with Gasteiger partial charge in [0.1, 0.15) is 13.2 Å². The number of phosphoric acid groups is 1. The molecule has 9 heteroatoms. The summed E-state index contributed by atoms with van der Waals surface area (Å²) >= 11 is 0. The molecule has 0 aromatic rings. The third-order valence-corrected chi connectivity index (χ3v) is 14.6. The molecular weight excluding hydrogens is 864 g/mol. The normalized spacial score (nSPS) is 14.0. The highest BCUT2D eigenvalue weighted by Crippen LogP contribution is 2.38. The first-order valence-corrected chi connectivity index (χ1v) is 31.2. The van der Waals surface area contributed by atoms with E-state index in [1.807, 2.05) is 27.2 Å². The van der Waals surface area contributed by atoms with Gasteiger partial charge in [-0.3, -0.25) is 9.36 Å². The van der Waals surface area contributed by atoms with Gasteiger partial charge in [0.15, 0.2) is 0 Å². The number of unbranched alkanes of at least 4 members (excludes halogenated alkanes) is 40. The molecule has 0 saturated carbocycles. The van der Waals surface area contributed by atoms with Crippen molar-refractivity contribution >= 4 is 13.7 Å². The van der Waals surface area contributed by atoms with Crippen LogP contribution in [0, 0.1) is 0 Å². The maximum Gasteiger partial charge on any atom is 0.268 e. The Morgan fingerprint density at radius 1 is 0.500 bits per heavy atom. The fourth-order valence-corrected chi connectivity index (χ4v) is 9.70. The van der Waals surface area contributed by atoms with Crippen LogP contribution in [0.3, 0.4) is 0 Å². The lowest BCUT2D eigenvalue weighted by Gasteiger charge is -2.29. The van der Waals surface area contributed by atoms with Gasteiger partial charge in [-0.1, -0.05) is 269 Å². The second kappa shape index (κ2) is 50.9. The van der Waals surface area contributed by atoms with Gasteiger partial charge in [0.2, 0.25) is 5.91 Å². The number of hydrogen-bond donors (Lipinski definition) is 2. The zero-order chi connectivity index (χ0) is 49.9. The van der Waals surface area contributed by atoms with Crippen molar-refractivity contribution in [1.82, 2.24) is 5.32 Å². The van der Waals surface area contributed by atoms with Gasteiger partial charge in [-0.25, -0.2) is 0 Å². The zero-order valence-electron chi connectivity index (χ0n) is 46.1. The van der Waals surface area contributed by atoms with Crippen molar-refractivity contribution in [3.63, 3.8) is 0 Å². The van der Waals surface area contributed by atoms with E-state index in [4.69, 9.17) is 9.05 Å². The van der Waals surface area contributed by atoms with E-state index in [1.54, 1.807) is 6.08 Å². The number of allylic oxidation sites excluding steroid dienone is 3. The van der Waals surface area contributed by atoms with Crippen molar-refractivity contribution in [2.45, 2.75) is 309 Å². The molecule has 3 unspecified atom stereocenters. The Kier molecular flexibility index (Phi) is 50.1. The summed E-state index contributed by atoms with van der Waals surface area (Å²) in [7, 11) is 1.27. The third kappa shape index (κ3) is 52.8. The molecule has 0 aliphatic rings. The molecule has 0 aliphatic carbocycles. The van der Waals surface area contributed by atoms with E-state index < -0.39 is 20.0 Å². The second-order valence-corrected chi connectivity index (χ2v) is 23.1. The van der Waals surface area contributed by atoms with Crippen LogP contribution in [-0.4, -0.2) is 68.5 Å². The number of rotatable bonds is 55. The van der Waals surface area contributed by atoms with Gasteiger partial charge in [-0.2, -0.15) is 0 Å². The van der Waals surface area contributed by atoms with Crippen molar-refractivity contribution in [2.75, 3.05) is 40.9 Å². The Bertz CT molecular complexity index is 1160. The van der Waals surface area contributed by atoms with Crippen molar-refractivity contribution in [1.29, 1.82) is 0 Å². The molecule has 0 rings (SSSR count). The minimum Gasteiger partial charge on any atom is -0.756 e. The van der Waals surface area contributed by atoms with Crippen LogP contribution in [0.2, 0.25) is 0 Å².